The summed E-state index contributed by atoms with van der Waals surface area (Å²) in [5, 5.41) is 19.3. The summed E-state index contributed by atoms with van der Waals surface area (Å²) in [7, 11) is 0. The van der Waals surface area contributed by atoms with Crippen molar-refractivity contribution in [3.05, 3.63) is 39.7 Å². The highest BCUT2D eigenvalue weighted by Crippen LogP contribution is 2.31. The summed E-state index contributed by atoms with van der Waals surface area (Å²) in [4.78, 5) is 10.8. The van der Waals surface area contributed by atoms with Gasteiger partial charge in [0.25, 0.3) is 5.69 Å². The number of hydrogen-bond acceptors (Lipinski definition) is 5. The van der Waals surface area contributed by atoms with Crippen LogP contribution in [0.5, 0.6) is 0 Å². The lowest BCUT2D eigenvalue weighted by Crippen LogP contribution is -2.12. The molecule has 2 aromatic rings. The van der Waals surface area contributed by atoms with Crippen LogP contribution in [-0.2, 0) is 6.54 Å². The highest BCUT2D eigenvalue weighted by atomic mass is 16.6. The van der Waals surface area contributed by atoms with Gasteiger partial charge < -0.3 is 10.3 Å². The van der Waals surface area contributed by atoms with Gasteiger partial charge in [-0.15, -0.1) is 10.2 Å². The van der Waals surface area contributed by atoms with Crippen molar-refractivity contribution in [3.8, 4) is 11.4 Å². The lowest BCUT2D eigenvalue weighted by molar-refractivity contribution is -0.384. The van der Waals surface area contributed by atoms with Crippen LogP contribution in [0.2, 0.25) is 0 Å². The fourth-order valence-electron chi connectivity index (χ4n) is 2.18. The second-order valence-electron chi connectivity index (χ2n) is 4.89. The molecule has 1 aromatic carbocycles. The highest BCUT2D eigenvalue weighted by molar-refractivity contribution is 5.69. The van der Waals surface area contributed by atoms with Crippen LogP contribution in [-0.4, -0.2) is 19.7 Å². The average Bonchev–Trinajstić information content (AvgIpc) is 2.81. The SMILES string of the molecule is Cc1ccc([N+](=O)[O-])c(-c2nnc(CN)n2C(C)C)c1. The van der Waals surface area contributed by atoms with Gasteiger partial charge in [0, 0.05) is 12.1 Å². The van der Waals surface area contributed by atoms with Gasteiger partial charge in [0.15, 0.2) is 5.82 Å². The number of nitrogens with zero attached hydrogens (tertiary/aromatic N) is 4. The summed E-state index contributed by atoms with van der Waals surface area (Å²) < 4.78 is 1.84. The standard InChI is InChI=1S/C13H17N5O2/c1-8(2)17-12(7-14)15-16-13(17)10-6-9(3)4-5-11(10)18(19)20/h4-6,8H,7,14H2,1-3H3. The molecule has 20 heavy (non-hydrogen) atoms. The summed E-state index contributed by atoms with van der Waals surface area (Å²) >= 11 is 0. The van der Waals surface area contributed by atoms with E-state index in [1.807, 2.05) is 25.3 Å². The van der Waals surface area contributed by atoms with Crippen molar-refractivity contribution in [1.82, 2.24) is 14.8 Å². The van der Waals surface area contributed by atoms with E-state index in [0.717, 1.165) is 5.56 Å². The molecule has 2 N–H and O–H groups in total. The molecule has 0 amide bonds. The molecule has 0 spiro atoms. The molecule has 0 saturated heterocycles. The van der Waals surface area contributed by atoms with Gasteiger partial charge in [-0.05, 0) is 32.4 Å². The van der Waals surface area contributed by atoms with E-state index in [4.69, 9.17) is 5.73 Å². The lowest BCUT2D eigenvalue weighted by Gasteiger charge is -2.13. The molecule has 1 heterocycles. The zero-order valence-electron chi connectivity index (χ0n) is 11.7. The van der Waals surface area contributed by atoms with Crippen molar-refractivity contribution in [2.75, 3.05) is 0 Å². The summed E-state index contributed by atoms with van der Waals surface area (Å²) in [5.74, 6) is 1.10. The van der Waals surface area contributed by atoms with E-state index >= 15 is 0 Å². The first-order valence-electron chi connectivity index (χ1n) is 6.35. The van der Waals surface area contributed by atoms with Crippen molar-refractivity contribution in [1.29, 1.82) is 0 Å². The van der Waals surface area contributed by atoms with Crippen molar-refractivity contribution < 1.29 is 4.92 Å². The predicted octanol–water partition coefficient (Wildman–Crippen LogP) is 2.20. The molecule has 106 valence electrons. The highest BCUT2D eigenvalue weighted by Gasteiger charge is 2.23. The molecular weight excluding hydrogens is 258 g/mol. The van der Waals surface area contributed by atoms with E-state index in [9.17, 15) is 10.1 Å². The van der Waals surface area contributed by atoms with Crippen LogP contribution in [0.25, 0.3) is 11.4 Å². The predicted molar refractivity (Wildman–Crippen MR) is 75.1 cm³/mol. The Labute approximate surface area is 116 Å². The van der Waals surface area contributed by atoms with E-state index in [-0.39, 0.29) is 18.3 Å². The van der Waals surface area contributed by atoms with Crippen molar-refractivity contribution >= 4 is 5.69 Å². The number of benzene rings is 1. The molecule has 0 aliphatic heterocycles. The number of aromatic nitrogens is 3. The maximum atomic E-state index is 11.2. The third-order valence-electron chi connectivity index (χ3n) is 3.06. The first kappa shape index (κ1) is 14.1. The summed E-state index contributed by atoms with van der Waals surface area (Å²) in [6.45, 7) is 6.05. The molecule has 7 nitrogen and oxygen atoms in total. The van der Waals surface area contributed by atoms with Gasteiger partial charge in [0.2, 0.25) is 0 Å². The molecule has 0 bridgehead atoms. The molecule has 7 heteroatoms. The Balaban J connectivity index is 2.71. The quantitative estimate of drug-likeness (QED) is 0.681. The summed E-state index contributed by atoms with van der Waals surface area (Å²) in [5.41, 5.74) is 7.07. The zero-order chi connectivity index (χ0) is 14.9. The minimum absolute atomic E-state index is 0.0217. The molecule has 2 rings (SSSR count). The second-order valence-corrected chi connectivity index (χ2v) is 4.89. The molecular formula is C13H17N5O2. The third-order valence-corrected chi connectivity index (χ3v) is 3.06. The van der Waals surface area contributed by atoms with E-state index in [2.05, 4.69) is 10.2 Å². The van der Waals surface area contributed by atoms with Crippen molar-refractivity contribution in [3.63, 3.8) is 0 Å². The minimum atomic E-state index is -0.407. The van der Waals surface area contributed by atoms with Crippen molar-refractivity contribution in [2.45, 2.75) is 33.4 Å². The summed E-state index contributed by atoms with van der Waals surface area (Å²) in [6, 6.07) is 5.02. The Morgan fingerprint density at radius 3 is 2.65 bits per heavy atom. The second kappa shape index (κ2) is 5.38. The Bertz CT molecular complexity index is 648. The fourth-order valence-corrected chi connectivity index (χ4v) is 2.18. The number of aryl methyl sites for hydroxylation is 1. The van der Waals surface area contributed by atoms with Gasteiger partial charge in [0.1, 0.15) is 5.82 Å². The van der Waals surface area contributed by atoms with E-state index in [1.54, 1.807) is 12.1 Å². The van der Waals surface area contributed by atoms with Crippen LogP contribution in [0.1, 0.15) is 31.3 Å². The molecule has 0 atom stereocenters. The zero-order valence-corrected chi connectivity index (χ0v) is 11.7. The normalized spacial score (nSPS) is 11.1. The first-order valence-corrected chi connectivity index (χ1v) is 6.35. The number of nitro benzene ring substituents is 1. The van der Waals surface area contributed by atoms with Crippen molar-refractivity contribution in [2.24, 2.45) is 5.73 Å². The maximum Gasteiger partial charge on any atom is 0.280 e. The third kappa shape index (κ3) is 2.39. The van der Waals surface area contributed by atoms with Gasteiger partial charge in [0.05, 0.1) is 17.0 Å². The molecule has 0 unspecified atom stereocenters. The maximum absolute atomic E-state index is 11.2. The van der Waals surface area contributed by atoms with Crippen LogP contribution < -0.4 is 5.73 Å². The Hall–Kier alpha value is -2.28. The van der Waals surface area contributed by atoms with Gasteiger partial charge in [-0.1, -0.05) is 6.07 Å². The molecule has 0 aliphatic rings. The Kier molecular flexibility index (Phi) is 3.80. The van der Waals surface area contributed by atoms with E-state index < -0.39 is 4.92 Å². The van der Waals surface area contributed by atoms with Crippen LogP contribution >= 0.6 is 0 Å². The number of hydrogen-bond donors (Lipinski definition) is 1. The van der Waals surface area contributed by atoms with Gasteiger partial charge in [-0.3, -0.25) is 10.1 Å². The topological polar surface area (TPSA) is 99.9 Å². The molecule has 0 saturated carbocycles. The average molecular weight is 275 g/mol. The van der Waals surface area contributed by atoms with Gasteiger partial charge >= 0.3 is 0 Å². The molecule has 0 aliphatic carbocycles. The smallest absolute Gasteiger partial charge is 0.280 e. The largest absolute Gasteiger partial charge is 0.324 e. The Morgan fingerprint density at radius 1 is 1.40 bits per heavy atom. The minimum Gasteiger partial charge on any atom is -0.324 e. The summed E-state index contributed by atoms with van der Waals surface area (Å²) in [6.07, 6.45) is 0. The van der Waals surface area contributed by atoms with Gasteiger partial charge in [-0.2, -0.15) is 0 Å². The number of nitrogens with two attached hydrogens (primary N) is 1. The van der Waals surface area contributed by atoms with Crippen LogP contribution in [0.15, 0.2) is 18.2 Å². The fraction of sp³-hybridized carbons (Fsp3) is 0.385. The monoisotopic (exact) mass is 275 g/mol. The molecule has 1 aromatic heterocycles. The van der Waals surface area contributed by atoms with Crippen LogP contribution in [0.4, 0.5) is 5.69 Å². The van der Waals surface area contributed by atoms with Crippen LogP contribution in [0, 0.1) is 17.0 Å². The molecule has 0 radical (unpaired) electrons. The first-order chi connectivity index (χ1) is 9.45. The number of nitro groups is 1. The van der Waals surface area contributed by atoms with E-state index in [1.165, 1.54) is 6.07 Å². The number of rotatable bonds is 4. The lowest BCUT2D eigenvalue weighted by atomic mass is 10.1. The van der Waals surface area contributed by atoms with Crippen LogP contribution in [0.3, 0.4) is 0 Å². The molecule has 0 fully saturated rings. The van der Waals surface area contributed by atoms with Gasteiger partial charge in [-0.25, -0.2) is 0 Å². The Morgan fingerprint density at radius 2 is 2.10 bits per heavy atom. The van der Waals surface area contributed by atoms with E-state index in [0.29, 0.717) is 17.2 Å².